The molecule has 1 unspecified atom stereocenters. The summed E-state index contributed by atoms with van der Waals surface area (Å²) in [6.07, 6.45) is -5.44. The van der Waals surface area contributed by atoms with Crippen molar-refractivity contribution in [2.24, 2.45) is 5.10 Å². The van der Waals surface area contributed by atoms with Gasteiger partial charge in [-0.05, 0) is 27.6 Å². The number of rotatable bonds is 1. The van der Waals surface area contributed by atoms with Crippen molar-refractivity contribution in [2.75, 3.05) is 0 Å². The molecule has 0 amide bonds. The molecule has 1 aliphatic heterocycles. The molecule has 1 atom stereocenters. The van der Waals surface area contributed by atoms with E-state index in [2.05, 4.69) is 5.10 Å². The molecule has 6 heteroatoms. The fourth-order valence-electron chi connectivity index (χ4n) is 3.11. The van der Waals surface area contributed by atoms with Gasteiger partial charge in [0, 0.05) is 5.56 Å². The highest BCUT2D eigenvalue weighted by Crippen LogP contribution is 2.38. The molecule has 4 rings (SSSR count). The van der Waals surface area contributed by atoms with E-state index in [4.69, 9.17) is 0 Å². The van der Waals surface area contributed by atoms with Crippen molar-refractivity contribution < 1.29 is 18.3 Å². The molecular weight excluding hydrogens is 317 g/mol. The summed E-state index contributed by atoms with van der Waals surface area (Å²) in [5.74, 6) is 0. The average Bonchev–Trinajstić information content (AvgIpc) is 2.95. The van der Waals surface area contributed by atoms with Crippen LogP contribution in [0.5, 0.6) is 0 Å². The maximum atomic E-state index is 13.1. The van der Waals surface area contributed by atoms with E-state index in [1.54, 1.807) is 0 Å². The summed E-state index contributed by atoms with van der Waals surface area (Å²) < 4.78 is 39.2. The van der Waals surface area contributed by atoms with Crippen molar-refractivity contribution in [1.82, 2.24) is 5.43 Å². The van der Waals surface area contributed by atoms with E-state index < -0.39 is 18.3 Å². The van der Waals surface area contributed by atoms with Crippen LogP contribution < -0.4 is 5.43 Å². The number of nitrogens with zero attached hydrogens (tertiary/aromatic N) is 1. The van der Waals surface area contributed by atoms with Crippen molar-refractivity contribution in [3.05, 3.63) is 60.2 Å². The molecule has 0 fully saturated rings. The summed E-state index contributed by atoms with van der Waals surface area (Å²) in [4.78, 5) is 0. The van der Waals surface area contributed by atoms with Gasteiger partial charge in [-0.1, -0.05) is 48.5 Å². The van der Waals surface area contributed by atoms with Crippen LogP contribution in [0.4, 0.5) is 13.2 Å². The molecule has 122 valence electrons. The van der Waals surface area contributed by atoms with Gasteiger partial charge in [-0.15, -0.1) is 0 Å². The Labute approximate surface area is 135 Å². The van der Waals surface area contributed by atoms with E-state index in [0.717, 1.165) is 21.5 Å². The SMILES string of the molecule is OC1(C(F)(F)F)CC(c2c3ccccc3cc3ccccc23)=NN1. The zero-order valence-electron chi connectivity index (χ0n) is 12.4. The number of benzene rings is 3. The van der Waals surface area contributed by atoms with E-state index in [9.17, 15) is 18.3 Å². The summed E-state index contributed by atoms with van der Waals surface area (Å²) in [6.45, 7) is 0. The molecule has 3 aromatic rings. The maximum absolute atomic E-state index is 13.1. The van der Waals surface area contributed by atoms with Gasteiger partial charge in [0.15, 0.2) is 0 Å². The van der Waals surface area contributed by atoms with Crippen LogP contribution >= 0.6 is 0 Å². The van der Waals surface area contributed by atoms with Crippen molar-refractivity contribution in [3.8, 4) is 0 Å². The van der Waals surface area contributed by atoms with Crippen LogP contribution in [0.1, 0.15) is 12.0 Å². The monoisotopic (exact) mass is 330 g/mol. The van der Waals surface area contributed by atoms with E-state index >= 15 is 0 Å². The van der Waals surface area contributed by atoms with Gasteiger partial charge in [0.2, 0.25) is 0 Å². The van der Waals surface area contributed by atoms with Crippen molar-refractivity contribution >= 4 is 27.3 Å². The fraction of sp³-hybridized carbons (Fsp3) is 0.167. The third-order valence-corrected chi connectivity index (χ3v) is 4.33. The van der Waals surface area contributed by atoms with Crippen LogP contribution in [0.2, 0.25) is 0 Å². The first-order valence-corrected chi connectivity index (χ1v) is 7.43. The Bertz CT molecular complexity index is 927. The molecule has 0 spiro atoms. The number of hydrogen-bond donors (Lipinski definition) is 2. The highest BCUT2D eigenvalue weighted by molar-refractivity contribution is 6.21. The number of alkyl halides is 3. The third kappa shape index (κ3) is 2.14. The Hall–Kier alpha value is -2.60. The predicted octanol–water partition coefficient (Wildman–Crippen LogP) is 3.94. The second kappa shape index (κ2) is 4.95. The van der Waals surface area contributed by atoms with Gasteiger partial charge in [0.05, 0.1) is 12.1 Å². The van der Waals surface area contributed by atoms with E-state index in [-0.39, 0.29) is 5.71 Å². The normalized spacial score (nSPS) is 21.1. The molecule has 0 saturated carbocycles. The van der Waals surface area contributed by atoms with Crippen LogP contribution in [0.3, 0.4) is 0 Å². The lowest BCUT2D eigenvalue weighted by atomic mass is 9.91. The van der Waals surface area contributed by atoms with Gasteiger partial charge < -0.3 is 5.11 Å². The molecule has 1 aliphatic rings. The molecule has 0 bridgehead atoms. The van der Waals surface area contributed by atoms with Gasteiger partial charge in [-0.3, -0.25) is 5.43 Å². The molecule has 24 heavy (non-hydrogen) atoms. The minimum Gasteiger partial charge on any atom is -0.362 e. The summed E-state index contributed by atoms with van der Waals surface area (Å²) >= 11 is 0. The number of halogens is 3. The Balaban J connectivity index is 1.96. The Morgan fingerprint density at radius 3 is 2.00 bits per heavy atom. The number of nitrogens with one attached hydrogen (secondary N) is 1. The lowest BCUT2D eigenvalue weighted by Gasteiger charge is -2.24. The molecule has 0 aromatic heterocycles. The zero-order valence-corrected chi connectivity index (χ0v) is 12.4. The number of fused-ring (bicyclic) bond motifs is 2. The molecule has 3 nitrogen and oxygen atoms in total. The number of hydrazone groups is 1. The molecule has 1 heterocycles. The van der Waals surface area contributed by atoms with E-state index in [1.807, 2.05) is 60.0 Å². The first kappa shape index (κ1) is 15.0. The van der Waals surface area contributed by atoms with Crippen LogP contribution in [-0.4, -0.2) is 22.7 Å². The van der Waals surface area contributed by atoms with Gasteiger partial charge in [-0.2, -0.15) is 18.3 Å². The van der Waals surface area contributed by atoms with Crippen LogP contribution in [-0.2, 0) is 0 Å². The lowest BCUT2D eigenvalue weighted by Crippen LogP contribution is -2.52. The number of hydrogen-bond acceptors (Lipinski definition) is 3. The summed E-state index contributed by atoms with van der Waals surface area (Å²) in [6, 6.07) is 16.9. The Kier molecular flexibility index (Phi) is 3.08. The predicted molar refractivity (Wildman–Crippen MR) is 86.7 cm³/mol. The van der Waals surface area contributed by atoms with Gasteiger partial charge >= 0.3 is 6.18 Å². The van der Waals surface area contributed by atoms with E-state index in [0.29, 0.717) is 5.56 Å². The topological polar surface area (TPSA) is 44.6 Å². The van der Waals surface area contributed by atoms with Gasteiger partial charge in [0.1, 0.15) is 0 Å². The molecular formula is C18H13F3N2O. The minimum absolute atomic E-state index is 0.197. The molecule has 0 aliphatic carbocycles. The summed E-state index contributed by atoms with van der Waals surface area (Å²) in [5, 5.41) is 17.1. The Morgan fingerprint density at radius 1 is 0.958 bits per heavy atom. The zero-order chi connectivity index (χ0) is 16.9. The number of aliphatic hydroxyl groups is 1. The van der Waals surface area contributed by atoms with Crippen molar-refractivity contribution in [3.63, 3.8) is 0 Å². The maximum Gasteiger partial charge on any atom is 0.438 e. The van der Waals surface area contributed by atoms with Gasteiger partial charge in [-0.25, -0.2) is 0 Å². The van der Waals surface area contributed by atoms with Crippen molar-refractivity contribution in [2.45, 2.75) is 18.3 Å². The van der Waals surface area contributed by atoms with Gasteiger partial charge in [0.25, 0.3) is 5.72 Å². The minimum atomic E-state index is -4.81. The standard InChI is InChI=1S/C18H13F3N2O/c19-18(20,21)17(24)10-15(22-23-17)16-13-7-3-1-5-11(13)9-12-6-2-4-8-14(12)16/h1-9,23-24H,10H2. The van der Waals surface area contributed by atoms with Crippen molar-refractivity contribution in [1.29, 1.82) is 0 Å². The van der Waals surface area contributed by atoms with Crippen LogP contribution in [0.15, 0.2) is 59.7 Å². The van der Waals surface area contributed by atoms with Crippen LogP contribution in [0, 0.1) is 0 Å². The first-order valence-electron chi connectivity index (χ1n) is 7.43. The molecule has 2 N–H and O–H groups in total. The summed E-state index contributed by atoms with van der Waals surface area (Å²) in [5.41, 5.74) is -0.339. The largest absolute Gasteiger partial charge is 0.438 e. The average molecular weight is 330 g/mol. The fourth-order valence-corrected chi connectivity index (χ4v) is 3.11. The first-order chi connectivity index (χ1) is 11.4. The third-order valence-electron chi connectivity index (χ3n) is 4.33. The highest BCUT2D eigenvalue weighted by Gasteiger charge is 2.57. The van der Waals surface area contributed by atoms with Crippen LogP contribution in [0.25, 0.3) is 21.5 Å². The second-order valence-corrected chi connectivity index (χ2v) is 5.90. The smallest absolute Gasteiger partial charge is 0.362 e. The molecule has 0 saturated heterocycles. The molecule has 0 radical (unpaired) electrons. The van der Waals surface area contributed by atoms with E-state index in [1.165, 1.54) is 0 Å². The quantitative estimate of drug-likeness (QED) is 0.664. The Morgan fingerprint density at radius 2 is 1.50 bits per heavy atom. The molecule has 3 aromatic carbocycles. The second-order valence-electron chi connectivity index (χ2n) is 5.90. The lowest BCUT2D eigenvalue weighted by molar-refractivity contribution is -0.266. The summed E-state index contributed by atoms with van der Waals surface area (Å²) in [7, 11) is 0. The highest BCUT2D eigenvalue weighted by atomic mass is 19.4.